The van der Waals surface area contributed by atoms with E-state index in [1.165, 1.54) is 3.58 Å². The third kappa shape index (κ3) is 24.8. The second-order valence-electron chi connectivity index (χ2n) is 6.24. The number of carbonyl (C=O) groups excluding carboxylic acids is 3. The van der Waals surface area contributed by atoms with Gasteiger partial charge in [-0.05, 0) is 13.3 Å². The number of aldehydes is 1. The Morgan fingerprint density at radius 3 is 2.12 bits per heavy atom. The van der Waals surface area contributed by atoms with Crippen molar-refractivity contribution in [1.29, 1.82) is 0 Å². The number of carboxylic acids is 1. The van der Waals surface area contributed by atoms with Gasteiger partial charge in [0.15, 0.2) is 0 Å². The first-order valence-electron chi connectivity index (χ1n) is 10.2. The maximum atomic E-state index is 11.6. The van der Waals surface area contributed by atoms with Gasteiger partial charge in [-0.3, -0.25) is 9.59 Å². The summed E-state index contributed by atoms with van der Waals surface area (Å²) in [6, 6.07) is 7.39. The van der Waals surface area contributed by atoms with E-state index in [-0.39, 0.29) is 48.0 Å². The predicted octanol–water partition coefficient (Wildman–Crippen LogP) is 0.0574. The van der Waals surface area contributed by atoms with Crippen LogP contribution in [0.2, 0.25) is 0 Å². The zero-order valence-electron chi connectivity index (χ0n) is 19.5. The Morgan fingerprint density at radius 2 is 1.68 bits per heavy atom. The number of aliphatic carboxylic acids is 1. The summed E-state index contributed by atoms with van der Waals surface area (Å²) in [6.07, 6.45) is 3.11. The van der Waals surface area contributed by atoms with E-state index < -0.39 is 12.0 Å². The van der Waals surface area contributed by atoms with Crippen LogP contribution >= 0.6 is 0 Å². The third-order valence-electron chi connectivity index (χ3n) is 3.59. The van der Waals surface area contributed by atoms with Crippen molar-refractivity contribution in [1.82, 2.24) is 16.0 Å². The molecule has 1 rings (SSSR count). The normalized spacial score (nSPS) is 9.68. The fraction of sp³-hybridized carbons (Fsp3) is 0.476. The molecule has 0 fully saturated rings. The number of hydrogen-bond donors (Lipinski definition) is 6. The maximum absolute atomic E-state index is 11.6. The van der Waals surface area contributed by atoms with E-state index in [0.29, 0.717) is 12.7 Å². The van der Waals surface area contributed by atoms with Crippen LogP contribution in [0.3, 0.4) is 0 Å². The van der Waals surface area contributed by atoms with Crippen LogP contribution in [-0.2, 0) is 14.4 Å². The fourth-order valence-corrected chi connectivity index (χ4v) is 6.11. The molecule has 1 atom stereocenters. The SMILES string of the molecule is CC(CCC(=O)O)NC(=O)NCC=O.CCCCNC(=O)c1cc[c]([Sn][At])cc1.CO.O=CO. The Bertz CT molecular complexity index is 693. The van der Waals surface area contributed by atoms with Gasteiger partial charge >= 0.3 is 125 Å². The van der Waals surface area contributed by atoms with Crippen molar-refractivity contribution in [3.8, 4) is 0 Å². The Hall–Kier alpha value is -1.79. The fourth-order valence-electron chi connectivity index (χ4n) is 1.99. The van der Waals surface area contributed by atoms with Gasteiger partial charge in [0.2, 0.25) is 0 Å². The van der Waals surface area contributed by atoms with Gasteiger partial charge in [0.25, 0.3) is 6.47 Å². The van der Waals surface area contributed by atoms with Crippen LogP contribution in [-0.4, -0.2) is 88.8 Å². The summed E-state index contributed by atoms with van der Waals surface area (Å²) in [4.78, 5) is 51.0. The van der Waals surface area contributed by atoms with E-state index in [0.717, 1.165) is 32.1 Å². The number of carbonyl (C=O) groups is 5. The first-order chi connectivity index (χ1) is 16.2. The van der Waals surface area contributed by atoms with Gasteiger partial charge in [-0.25, -0.2) is 4.79 Å². The van der Waals surface area contributed by atoms with E-state index in [9.17, 15) is 19.2 Å². The molecule has 0 aliphatic heterocycles. The number of unbranched alkanes of at least 4 members (excludes halogenated alkanes) is 1. The van der Waals surface area contributed by atoms with Crippen molar-refractivity contribution < 1.29 is 59.8 Å². The van der Waals surface area contributed by atoms with Gasteiger partial charge in [0.05, 0.1) is 6.54 Å². The molecule has 34 heavy (non-hydrogen) atoms. The summed E-state index contributed by atoms with van der Waals surface area (Å²) in [6.45, 7) is 4.31. The molecule has 3 amide bonds. The number of urea groups is 1. The van der Waals surface area contributed by atoms with Crippen LogP contribution in [0.5, 0.6) is 0 Å². The second kappa shape index (κ2) is 27.5. The van der Waals surface area contributed by atoms with Crippen LogP contribution in [0.15, 0.2) is 24.3 Å². The van der Waals surface area contributed by atoms with Crippen LogP contribution < -0.4 is 19.5 Å². The van der Waals surface area contributed by atoms with Crippen molar-refractivity contribution in [2.75, 3.05) is 20.2 Å². The zero-order chi connectivity index (χ0) is 26.8. The molecular formula is C21H34AtN3O8Sn. The quantitative estimate of drug-likeness (QED) is 0.104. The summed E-state index contributed by atoms with van der Waals surface area (Å²) >= 11 is 1.61. The number of amides is 3. The second-order valence-corrected chi connectivity index (χ2v) is 13.4. The topological polar surface area (TPSA) is 182 Å². The summed E-state index contributed by atoms with van der Waals surface area (Å²) in [5, 5.41) is 30.0. The zero-order valence-corrected chi connectivity index (χ0v) is 25.3. The van der Waals surface area contributed by atoms with Crippen LogP contribution in [0.1, 0.15) is 49.9 Å². The van der Waals surface area contributed by atoms with E-state index in [1.54, 1.807) is 6.92 Å². The van der Waals surface area contributed by atoms with Crippen molar-refractivity contribution in [3.05, 3.63) is 29.8 Å². The Morgan fingerprint density at radius 1 is 1.12 bits per heavy atom. The first-order valence-corrected chi connectivity index (χ1v) is 22.6. The van der Waals surface area contributed by atoms with Crippen LogP contribution in [0.4, 0.5) is 4.79 Å². The average Bonchev–Trinajstić information content (AvgIpc) is 2.83. The first kappa shape index (κ1) is 36.8. The minimum atomic E-state index is -0.896. The van der Waals surface area contributed by atoms with E-state index in [2.05, 4.69) is 35.0 Å². The van der Waals surface area contributed by atoms with Crippen LogP contribution in [0.25, 0.3) is 0 Å². The predicted molar refractivity (Wildman–Crippen MR) is 125 cm³/mol. The van der Waals surface area contributed by atoms with Crippen molar-refractivity contribution in [2.45, 2.75) is 45.6 Å². The van der Waals surface area contributed by atoms with Crippen molar-refractivity contribution in [3.63, 3.8) is 0 Å². The number of rotatable bonds is 11. The molecule has 6 N–H and O–H groups in total. The van der Waals surface area contributed by atoms with Gasteiger partial charge < -0.3 is 30.7 Å². The number of aliphatic hydroxyl groups is 1. The maximum Gasteiger partial charge on any atom is 0.290 e. The Kier molecular flexibility index (Phi) is 29.7. The largest absolute Gasteiger partial charge is 0.483 e. The standard InChI is InChI=1S/C11H14NO.C8H14N2O4.CH2O2.CH4O.At.Sn/c1-2-3-9-12-11(13)10-7-5-4-6-8-10;1-6(2-3-7(12)13)10-8(14)9-4-5-11;2-1-3;1-2;;/h5-8H,2-3,9H2,1H3,(H,12,13);5-6H,2-4H2,1H3,(H,12,13)(H2,9,10,14);1H,(H,2,3);2H,1H3;;/q;;;;-1;+1. The number of carboxylic acid groups (broad SMARTS) is 2. The molecule has 0 aromatic heterocycles. The monoisotopic (exact) mass is 786 g/mol. The van der Waals surface area contributed by atoms with Crippen LogP contribution in [0, 0.1) is 20.5 Å². The molecule has 0 saturated carbocycles. The number of aliphatic hydroxyl groups excluding tert-OH is 1. The van der Waals surface area contributed by atoms with Crippen molar-refractivity contribution in [2.24, 2.45) is 0 Å². The molecule has 1 unspecified atom stereocenters. The average molecular weight is 785 g/mol. The molecule has 0 aliphatic carbocycles. The van der Waals surface area contributed by atoms with Gasteiger partial charge in [-0.15, -0.1) is 0 Å². The Balaban J connectivity index is -0.000000476. The molecule has 13 heteroatoms. The van der Waals surface area contributed by atoms with E-state index in [1.807, 2.05) is 32.7 Å². The molecule has 0 aliphatic rings. The molecule has 0 spiro atoms. The molecule has 192 valence electrons. The molecule has 1 aromatic carbocycles. The molecule has 0 saturated heterocycles. The summed E-state index contributed by atoms with van der Waals surface area (Å²) < 4.78 is 1.46. The minimum Gasteiger partial charge on any atom is -0.483 e. The smallest absolute Gasteiger partial charge is 0.290 e. The molecule has 11 nitrogen and oxygen atoms in total. The summed E-state index contributed by atoms with van der Waals surface area (Å²) in [7, 11) is 1.00. The van der Waals surface area contributed by atoms with Gasteiger partial charge in [-0.1, -0.05) is 0 Å². The van der Waals surface area contributed by atoms with Gasteiger partial charge in [-0.2, -0.15) is 0 Å². The summed E-state index contributed by atoms with van der Waals surface area (Å²) in [5.41, 5.74) is 0.786. The molecule has 0 heterocycles. The van der Waals surface area contributed by atoms with E-state index in [4.69, 9.17) is 20.1 Å². The molecule has 0 bridgehead atoms. The number of nitrogens with one attached hydrogen (secondary N) is 3. The Labute approximate surface area is 221 Å². The molecular weight excluding hydrogens is 751 g/mol. The molecule has 2 radical (unpaired) electrons. The van der Waals surface area contributed by atoms with Gasteiger partial charge in [0, 0.05) is 19.6 Å². The van der Waals surface area contributed by atoms with E-state index >= 15 is 0 Å². The van der Waals surface area contributed by atoms with Crippen molar-refractivity contribution >= 4 is 50.8 Å². The van der Waals surface area contributed by atoms with Gasteiger partial charge in [0.1, 0.15) is 6.29 Å². The number of hydrogen-bond acceptors (Lipinski definition) is 6. The molecule has 1 aromatic rings. The third-order valence-corrected chi connectivity index (χ3v) is 10.9. The minimum absolute atomic E-state index is 0.00905. The summed E-state index contributed by atoms with van der Waals surface area (Å²) in [5.74, 6) is -0.839. The number of benzene rings is 1.